The van der Waals surface area contributed by atoms with Crippen molar-refractivity contribution in [3.8, 4) is 5.75 Å². The molecule has 0 amide bonds. The van der Waals surface area contributed by atoms with E-state index in [2.05, 4.69) is 31.3 Å². The molecule has 1 aromatic rings. The molecule has 0 saturated heterocycles. The van der Waals surface area contributed by atoms with E-state index < -0.39 is 0 Å². The van der Waals surface area contributed by atoms with Gasteiger partial charge in [0.2, 0.25) is 0 Å². The molecule has 1 saturated carbocycles. The Balaban J connectivity index is 1.77. The van der Waals surface area contributed by atoms with Crippen LogP contribution in [0.5, 0.6) is 5.75 Å². The van der Waals surface area contributed by atoms with Gasteiger partial charge in [-0.3, -0.25) is 0 Å². The highest BCUT2D eigenvalue weighted by molar-refractivity contribution is 5.38. The van der Waals surface area contributed by atoms with E-state index in [0.29, 0.717) is 12.6 Å². The zero-order valence-corrected chi connectivity index (χ0v) is 11.8. The zero-order valence-electron chi connectivity index (χ0n) is 11.8. The molecule has 2 aliphatic rings. The number of benzene rings is 1. The van der Waals surface area contributed by atoms with Gasteiger partial charge in [0.05, 0.1) is 0 Å². The summed E-state index contributed by atoms with van der Waals surface area (Å²) >= 11 is 0. The summed E-state index contributed by atoms with van der Waals surface area (Å²) in [4.78, 5) is 0. The maximum Gasteiger partial charge on any atom is 0.124 e. The van der Waals surface area contributed by atoms with Crippen LogP contribution in [0.3, 0.4) is 0 Å². The largest absolute Gasteiger partial charge is 0.487 e. The lowest BCUT2D eigenvalue weighted by molar-refractivity contribution is 0.0638. The Labute approximate surface area is 115 Å². The summed E-state index contributed by atoms with van der Waals surface area (Å²) in [7, 11) is 0. The van der Waals surface area contributed by atoms with Crippen LogP contribution >= 0.6 is 0 Å². The summed E-state index contributed by atoms with van der Waals surface area (Å²) in [5.41, 5.74) is 1.26. The van der Waals surface area contributed by atoms with Crippen molar-refractivity contribution in [1.82, 2.24) is 5.32 Å². The lowest BCUT2D eigenvalue weighted by Crippen LogP contribution is -2.41. The van der Waals surface area contributed by atoms with Gasteiger partial charge in [-0.2, -0.15) is 0 Å². The first-order chi connectivity index (χ1) is 9.04. The summed E-state index contributed by atoms with van der Waals surface area (Å²) in [6, 6.07) is 8.59. The molecule has 1 aromatic carbocycles. The molecule has 1 fully saturated rings. The molecule has 1 heterocycles. The Bertz CT molecular complexity index is 466. The van der Waals surface area contributed by atoms with Gasteiger partial charge in [0.15, 0.2) is 0 Å². The van der Waals surface area contributed by atoms with E-state index in [1.807, 2.05) is 12.1 Å². The van der Waals surface area contributed by atoms with Crippen molar-refractivity contribution in [1.29, 1.82) is 0 Å². The minimum atomic E-state index is -0.137. The van der Waals surface area contributed by atoms with Crippen molar-refractivity contribution in [2.75, 3.05) is 13.2 Å². The number of hydrogen-bond acceptors (Lipinski definition) is 3. The monoisotopic (exact) mass is 261 g/mol. The molecule has 0 radical (unpaired) electrons. The Morgan fingerprint density at radius 1 is 1.32 bits per heavy atom. The van der Waals surface area contributed by atoms with E-state index in [9.17, 15) is 5.11 Å². The summed E-state index contributed by atoms with van der Waals surface area (Å²) in [5, 5.41) is 13.1. The second kappa shape index (κ2) is 4.50. The van der Waals surface area contributed by atoms with Gasteiger partial charge in [0, 0.05) is 36.6 Å². The van der Waals surface area contributed by atoms with Gasteiger partial charge in [-0.15, -0.1) is 0 Å². The third-order valence-corrected chi connectivity index (χ3v) is 4.39. The normalized spacial score (nSPS) is 26.4. The summed E-state index contributed by atoms with van der Waals surface area (Å²) in [5.74, 6) is 0.991. The van der Waals surface area contributed by atoms with Crippen LogP contribution in [-0.2, 0) is 0 Å². The maximum absolute atomic E-state index is 9.42. The van der Waals surface area contributed by atoms with Gasteiger partial charge in [0.1, 0.15) is 11.4 Å². The molecule has 3 rings (SSSR count). The van der Waals surface area contributed by atoms with E-state index in [4.69, 9.17) is 4.74 Å². The lowest BCUT2D eigenvalue weighted by atomic mass is 9.89. The van der Waals surface area contributed by atoms with Gasteiger partial charge >= 0.3 is 0 Å². The highest BCUT2D eigenvalue weighted by Gasteiger charge is 2.43. The Morgan fingerprint density at radius 3 is 2.74 bits per heavy atom. The topological polar surface area (TPSA) is 41.5 Å². The molecular weight excluding hydrogens is 238 g/mol. The Kier molecular flexibility index (Phi) is 3.06. The maximum atomic E-state index is 9.42. The van der Waals surface area contributed by atoms with Gasteiger partial charge in [0.25, 0.3) is 0 Å². The number of aliphatic hydroxyl groups excluding tert-OH is 1. The number of aliphatic hydroxyl groups is 1. The summed E-state index contributed by atoms with van der Waals surface area (Å²) in [6.45, 7) is 5.47. The number of para-hydroxylation sites is 1. The van der Waals surface area contributed by atoms with Crippen LogP contribution in [0.25, 0.3) is 0 Å². The van der Waals surface area contributed by atoms with Crippen LogP contribution in [0.4, 0.5) is 0 Å². The Morgan fingerprint density at radius 2 is 2.05 bits per heavy atom. The van der Waals surface area contributed by atoms with Gasteiger partial charge in [-0.25, -0.2) is 0 Å². The molecule has 19 heavy (non-hydrogen) atoms. The highest BCUT2D eigenvalue weighted by Crippen LogP contribution is 2.46. The molecule has 2 N–H and O–H groups in total. The van der Waals surface area contributed by atoms with Gasteiger partial charge < -0.3 is 15.2 Å². The van der Waals surface area contributed by atoms with Gasteiger partial charge in [-0.05, 0) is 32.8 Å². The molecule has 1 atom stereocenters. The standard InChI is InChI=1S/C16H23NO2/c1-15(2)9-13(17-10-16(11-18)7-8-16)12-5-3-4-6-14(12)19-15/h3-6,13,17-18H,7-11H2,1-2H3. The Hall–Kier alpha value is -1.06. The van der Waals surface area contributed by atoms with Crippen LogP contribution < -0.4 is 10.1 Å². The minimum Gasteiger partial charge on any atom is -0.487 e. The fourth-order valence-electron chi connectivity index (χ4n) is 2.89. The molecular formula is C16H23NO2. The fourth-order valence-corrected chi connectivity index (χ4v) is 2.89. The van der Waals surface area contributed by atoms with E-state index in [1.54, 1.807) is 0 Å². The van der Waals surface area contributed by atoms with Gasteiger partial charge in [-0.1, -0.05) is 18.2 Å². The smallest absolute Gasteiger partial charge is 0.124 e. The van der Waals surface area contributed by atoms with E-state index >= 15 is 0 Å². The molecule has 0 aromatic heterocycles. The van der Waals surface area contributed by atoms with Crippen LogP contribution in [0.2, 0.25) is 0 Å². The van der Waals surface area contributed by atoms with Crippen molar-refractivity contribution in [3.05, 3.63) is 29.8 Å². The first-order valence-corrected chi connectivity index (χ1v) is 7.16. The van der Waals surface area contributed by atoms with Crippen LogP contribution in [-0.4, -0.2) is 23.9 Å². The number of ether oxygens (including phenoxy) is 1. The predicted octanol–water partition coefficient (Wildman–Crippen LogP) is 2.65. The van der Waals surface area contributed by atoms with Crippen molar-refractivity contribution in [2.24, 2.45) is 5.41 Å². The van der Waals surface area contributed by atoms with Crippen LogP contribution in [0.1, 0.15) is 44.7 Å². The molecule has 1 aliphatic heterocycles. The molecule has 3 heteroatoms. The molecule has 0 bridgehead atoms. The zero-order chi connectivity index (χ0) is 13.5. The van der Waals surface area contributed by atoms with Crippen molar-refractivity contribution >= 4 is 0 Å². The van der Waals surface area contributed by atoms with E-state index in [-0.39, 0.29) is 11.0 Å². The third-order valence-electron chi connectivity index (χ3n) is 4.39. The molecule has 1 unspecified atom stereocenters. The van der Waals surface area contributed by atoms with Crippen molar-refractivity contribution in [2.45, 2.75) is 44.8 Å². The van der Waals surface area contributed by atoms with E-state index in [0.717, 1.165) is 31.6 Å². The second-order valence-corrected chi connectivity index (χ2v) is 6.70. The average Bonchev–Trinajstić information content (AvgIpc) is 3.15. The van der Waals surface area contributed by atoms with E-state index in [1.165, 1.54) is 5.56 Å². The second-order valence-electron chi connectivity index (χ2n) is 6.70. The predicted molar refractivity (Wildman–Crippen MR) is 75.3 cm³/mol. The number of nitrogens with one attached hydrogen (secondary N) is 1. The molecule has 104 valence electrons. The molecule has 0 spiro atoms. The first-order valence-electron chi connectivity index (χ1n) is 7.16. The van der Waals surface area contributed by atoms with Crippen LogP contribution in [0.15, 0.2) is 24.3 Å². The molecule has 3 nitrogen and oxygen atoms in total. The highest BCUT2D eigenvalue weighted by atomic mass is 16.5. The van der Waals surface area contributed by atoms with Crippen molar-refractivity contribution < 1.29 is 9.84 Å². The fraction of sp³-hybridized carbons (Fsp3) is 0.625. The van der Waals surface area contributed by atoms with Crippen molar-refractivity contribution in [3.63, 3.8) is 0 Å². The summed E-state index contributed by atoms with van der Waals surface area (Å²) in [6.07, 6.45) is 3.25. The first kappa shape index (κ1) is 12.9. The molecule has 1 aliphatic carbocycles. The van der Waals surface area contributed by atoms with Crippen LogP contribution in [0, 0.1) is 5.41 Å². The summed E-state index contributed by atoms with van der Waals surface area (Å²) < 4.78 is 6.03. The lowest BCUT2D eigenvalue weighted by Gasteiger charge is -2.38. The SMILES string of the molecule is CC1(C)CC(NCC2(CO)CC2)c2ccccc2O1. The quantitative estimate of drug-likeness (QED) is 0.875. The number of hydrogen-bond donors (Lipinski definition) is 2. The average molecular weight is 261 g/mol. The number of fused-ring (bicyclic) bond motifs is 1. The number of rotatable bonds is 4. The third kappa shape index (κ3) is 2.63. The minimum absolute atomic E-state index is 0.137.